The predicted octanol–water partition coefficient (Wildman–Crippen LogP) is 18.5. The minimum atomic E-state index is -4.92. The van der Waals surface area contributed by atoms with E-state index in [1.165, 1.54) is 77.0 Å². The molecular weight excluding hydrogens is 1150 g/mol. The van der Waals surface area contributed by atoms with Crippen molar-refractivity contribution in [2.45, 2.75) is 296 Å². The third kappa shape index (κ3) is 64.1. The first-order valence-electron chi connectivity index (χ1n) is 33.9. The first-order valence-corrected chi connectivity index (χ1v) is 36.9. The number of carbonyl (C=O) groups is 3. The van der Waals surface area contributed by atoms with Gasteiger partial charge < -0.3 is 34.2 Å². The van der Waals surface area contributed by atoms with E-state index in [2.05, 4.69) is 106 Å². The molecule has 4 N–H and O–H groups in total. The molecule has 0 aromatic carbocycles. The summed E-state index contributed by atoms with van der Waals surface area (Å²) >= 11 is 0. The SMILES string of the molecule is CC/C=C\C/C=C\C/C=C\C/C=C\C/C=C\CCCCCCCC(=O)OCC(O)COP(=O)(O)OCC(O)COP(=O)(O)OCC(COC(=O)CCCCCCC/C=C\CCCCCCCC)OC(=O)CCCCCCC/C=C\CCCCCCCC. The Bertz CT molecular complexity index is 1930. The van der Waals surface area contributed by atoms with Crippen LogP contribution in [0, 0.1) is 0 Å². The summed E-state index contributed by atoms with van der Waals surface area (Å²) in [6.45, 7) is 2.51. The third-order valence-electron chi connectivity index (χ3n) is 14.1. The average molecular weight is 1270 g/mol. The molecule has 504 valence electrons. The lowest BCUT2D eigenvalue weighted by Gasteiger charge is -2.21. The molecule has 0 spiro atoms. The summed E-state index contributed by atoms with van der Waals surface area (Å²) in [5, 5.41) is 20.5. The molecule has 0 aromatic heterocycles. The van der Waals surface area contributed by atoms with E-state index in [9.17, 15) is 43.5 Å². The van der Waals surface area contributed by atoms with Crippen molar-refractivity contribution < 1.29 is 75.8 Å². The molecule has 0 heterocycles. The highest BCUT2D eigenvalue weighted by Gasteiger charge is 2.29. The second kappa shape index (κ2) is 62.9. The van der Waals surface area contributed by atoms with E-state index in [-0.39, 0.29) is 19.3 Å². The van der Waals surface area contributed by atoms with Gasteiger partial charge in [-0.05, 0) is 116 Å². The quantitative estimate of drug-likeness (QED) is 0.0146. The van der Waals surface area contributed by atoms with Crippen molar-refractivity contribution in [3.8, 4) is 0 Å². The molecule has 0 aliphatic heterocycles. The van der Waals surface area contributed by atoms with Crippen LogP contribution in [-0.4, -0.2) is 95.9 Å². The molecule has 5 atom stereocenters. The largest absolute Gasteiger partial charge is 0.472 e. The van der Waals surface area contributed by atoms with Crippen LogP contribution in [0.3, 0.4) is 0 Å². The number of phosphoric ester groups is 2. The summed E-state index contributed by atoms with van der Waals surface area (Å²) in [6.07, 6.45) is 66.3. The van der Waals surface area contributed by atoms with Gasteiger partial charge in [0.15, 0.2) is 6.10 Å². The number of ether oxygens (including phenoxy) is 3. The van der Waals surface area contributed by atoms with Crippen LogP contribution in [0.5, 0.6) is 0 Å². The number of hydrogen-bond acceptors (Lipinski definition) is 14. The van der Waals surface area contributed by atoms with Gasteiger partial charge in [0.2, 0.25) is 0 Å². The van der Waals surface area contributed by atoms with Gasteiger partial charge in [-0.25, -0.2) is 9.13 Å². The van der Waals surface area contributed by atoms with E-state index in [4.69, 9.17) is 32.3 Å². The number of unbranched alkanes of at least 4 members (excludes halogenated alkanes) is 27. The minimum absolute atomic E-state index is 0.0941. The molecular formula is C69H122O16P2. The monoisotopic (exact) mass is 1270 g/mol. The van der Waals surface area contributed by atoms with Crippen molar-refractivity contribution in [3.05, 3.63) is 85.1 Å². The molecule has 0 aliphatic rings. The van der Waals surface area contributed by atoms with Crippen molar-refractivity contribution in [1.29, 1.82) is 0 Å². The van der Waals surface area contributed by atoms with E-state index in [0.29, 0.717) is 19.3 Å². The van der Waals surface area contributed by atoms with Gasteiger partial charge in [0, 0.05) is 19.3 Å². The van der Waals surface area contributed by atoms with Crippen molar-refractivity contribution in [1.82, 2.24) is 0 Å². The molecule has 18 heteroatoms. The van der Waals surface area contributed by atoms with Crippen LogP contribution in [0.2, 0.25) is 0 Å². The second-order valence-corrected chi connectivity index (χ2v) is 25.5. The minimum Gasteiger partial charge on any atom is -0.463 e. The fraction of sp³-hybridized carbons (Fsp3) is 0.754. The Kier molecular flexibility index (Phi) is 60.5. The van der Waals surface area contributed by atoms with Crippen LogP contribution < -0.4 is 0 Å². The molecule has 0 aromatic rings. The van der Waals surface area contributed by atoms with Crippen molar-refractivity contribution in [3.63, 3.8) is 0 Å². The predicted molar refractivity (Wildman–Crippen MR) is 353 cm³/mol. The summed E-state index contributed by atoms with van der Waals surface area (Å²) in [5.41, 5.74) is 0. The van der Waals surface area contributed by atoms with Crippen LogP contribution in [0.25, 0.3) is 0 Å². The molecule has 0 rings (SSSR count). The van der Waals surface area contributed by atoms with Gasteiger partial charge in [0.25, 0.3) is 0 Å². The molecule has 0 saturated heterocycles. The van der Waals surface area contributed by atoms with E-state index < -0.39 is 91.5 Å². The molecule has 0 aliphatic carbocycles. The van der Waals surface area contributed by atoms with Gasteiger partial charge in [-0.3, -0.25) is 32.5 Å². The summed E-state index contributed by atoms with van der Waals surface area (Å²) in [4.78, 5) is 58.3. The summed E-state index contributed by atoms with van der Waals surface area (Å²) in [5.74, 6) is -1.61. The van der Waals surface area contributed by atoms with Crippen LogP contribution in [0.15, 0.2) is 85.1 Å². The lowest BCUT2D eigenvalue weighted by molar-refractivity contribution is -0.161. The topological polar surface area (TPSA) is 231 Å². The van der Waals surface area contributed by atoms with Crippen molar-refractivity contribution in [2.75, 3.05) is 39.6 Å². The van der Waals surface area contributed by atoms with Crippen LogP contribution in [-0.2, 0) is 55.8 Å². The van der Waals surface area contributed by atoms with Gasteiger partial charge in [0.1, 0.15) is 25.4 Å². The lowest BCUT2D eigenvalue weighted by atomic mass is 10.1. The summed E-state index contributed by atoms with van der Waals surface area (Å²) in [6, 6.07) is 0. The van der Waals surface area contributed by atoms with Crippen LogP contribution >= 0.6 is 15.6 Å². The van der Waals surface area contributed by atoms with E-state index in [0.717, 1.165) is 141 Å². The highest BCUT2D eigenvalue weighted by molar-refractivity contribution is 7.47. The summed E-state index contributed by atoms with van der Waals surface area (Å²) in [7, 11) is -9.78. The molecule has 0 bridgehead atoms. The number of carbonyl (C=O) groups excluding carboxylic acids is 3. The van der Waals surface area contributed by atoms with Gasteiger partial charge in [-0.1, -0.05) is 228 Å². The Morgan fingerprint density at radius 2 is 0.609 bits per heavy atom. The fourth-order valence-electron chi connectivity index (χ4n) is 8.88. The average Bonchev–Trinajstić information content (AvgIpc) is 3.68. The molecule has 0 saturated carbocycles. The molecule has 0 amide bonds. The number of rotatable bonds is 64. The maximum atomic E-state index is 12.9. The van der Waals surface area contributed by atoms with Crippen molar-refractivity contribution >= 4 is 33.6 Å². The number of aliphatic hydroxyl groups excluding tert-OH is 2. The van der Waals surface area contributed by atoms with Crippen LogP contribution in [0.4, 0.5) is 0 Å². The van der Waals surface area contributed by atoms with Crippen molar-refractivity contribution in [2.24, 2.45) is 0 Å². The molecule has 16 nitrogen and oxygen atoms in total. The normalized spacial score (nSPS) is 14.8. The number of aliphatic hydroxyl groups is 2. The highest BCUT2D eigenvalue weighted by atomic mass is 31.2. The lowest BCUT2D eigenvalue weighted by Crippen LogP contribution is -2.30. The summed E-state index contributed by atoms with van der Waals surface area (Å²) < 4.78 is 60.8. The Morgan fingerprint density at radius 3 is 0.977 bits per heavy atom. The standard InChI is InChI=1S/C69H122O16P2/c1-4-7-10-13-16-19-22-25-28-29-30-31-32-33-36-38-40-43-46-49-52-55-67(72)79-58-64(70)59-81-86(75,76)82-60-65(71)61-83-87(77,78)84-63-66(85-69(74)57-54-51-48-45-42-39-35-27-24-21-18-15-12-9-6-3)62-80-68(73)56-53-50-47-44-41-37-34-26-23-20-17-14-11-8-5-2/h7,10,16,19,25-28,30-31,33-36,64-66,70-71H,4-6,8-9,11-15,17-18,20-24,29,32,37-63H2,1-3H3,(H,75,76)(H,77,78)/b10-7-,19-16-,28-25-,31-30-,34-26-,35-27-,36-33-. The Hall–Kier alpha value is -3.27. The molecule has 5 unspecified atom stereocenters. The van der Waals surface area contributed by atoms with Gasteiger partial charge in [-0.15, -0.1) is 0 Å². The Morgan fingerprint density at radius 1 is 0.333 bits per heavy atom. The third-order valence-corrected chi connectivity index (χ3v) is 16.0. The van der Waals surface area contributed by atoms with E-state index in [1.54, 1.807) is 0 Å². The number of esters is 3. The first kappa shape index (κ1) is 83.7. The fourth-order valence-corrected chi connectivity index (χ4v) is 10.5. The van der Waals surface area contributed by atoms with Gasteiger partial charge >= 0.3 is 33.6 Å². The van der Waals surface area contributed by atoms with Gasteiger partial charge in [0.05, 0.1) is 26.4 Å². The number of hydrogen-bond donors (Lipinski definition) is 4. The maximum absolute atomic E-state index is 12.9. The Balaban J connectivity index is 4.65. The highest BCUT2D eigenvalue weighted by Crippen LogP contribution is 2.45. The number of phosphoric acid groups is 2. The Labute approximate surface area is 527 Å². The molecule has 0 fully saturated rings. The van der Waals surface area contributed by atoms with E-state index in [1.807, 2.05) is 0 Å². The zero-order chi connectivity index (χ0) is 63.8. The number of allylic oxidation sites excluding steroid dienone is 14. The van der Waals surface area contributed by atoms with E-state index >= 15 is 0 Å². The first-order chi connectivity index (χ1) is 42.2. The zero-order valence-electron chi connectivity index (χ0n) is 54.4. The smallest absolute Gasteiger partial charge is 0.463 e. The van der Waals surface area contributed by atoms with Gasteiger partial charge in [-0.2, -0.15) is 0 Å². The molecule has 87 heavy (non-hydrogen) atoms. The molecule has 0 radical (unpaired) electrons. The zero-order valence-corrected chi connectivity index (χ0v) is 56.2. The van der Waals surface area contributed by atoms with Crippen LogP contribution in [0.1, 0.15) is 278 Å². The second-order valence-electron chi connectivity index (χ2n) is 22.6. The maximum Gasteiger partial charge on any atom is 0.472 e.